The molecule has 1 fully saturated rings. The topological polar surface area (TPSA) is 94.3 Å². The highest BCUT2D eigenvalue weighted by molar-refractivity contribution is 7.10. The minimum absolute atomic E-state index is 0.220. The lowest BCUT2D eigenvalue weighted by molar-refractivity contribution is -0.129. The standard InChI is InChI=1S/C16H11ClN4O3S/c17-9-3-4-10-8(6-9)7-11(18-10)14(22)20-21-15(23)13(19-16(21)24)12-2-1-5-25-12/h1-7,13,18H,(H,19,24)(H,20,22). The molecule has 3 N–H and O–H groups in total. The van der Waals surface area contributed by atoms with Gasteiger partial charge in [-0.15, -0.1) is 11.3 Å². The van der Waals surface area contributed by atoms with Crippen LogP contribution in [0.2, 0.25) is 5.02 Å². The molecule has 9 heteroatoms. The third-order valence-corrected chi connectivity index (χ3v) is 4.98. The van der Waals surface area contributed by atoms with Crippen molar-refractivity contribution in [2.24, 2.45) is 0 Å². The van der Waals surface area contributed by atoms with Gasteiger partial charge in [0.1, 0.15) is 11.7 Å². The monoisotopic (exact) mass is 374 g/mol. The number of amides is 4. The predicted octanol–water partition coefficient (Wildman–Crippen LogP) is 2.82. The van der Waals surface area contributed by atoms with Crippen LogP contribution in [0.1, 0.15) is 21.4 Å². The van der Waals surface area contributed by atoms with Crippen LogP contribution in [-0.4, -0.2) is 27.8 Å². The van der Waals surface area contributed by atoms with E-state index in [1.807, 2.05) is 5.38 Å². The zero-order valence-corrected chi connectivity index (χ0v) is 14.1. The molecule has 1 aliphatic rings. The molecule has 25 heavy (non-hydrogen) atoms. The number of H-pyrrole nitrogens is 1. The minimum atomic E-state index is -0.783. The average Bonchev–Trinajstić information content (AvgIpc) is 3.29. The third-order valence-electron chi connectivity index (χ3n) is 3.81. The van der Waals surface area contributed by atoms with Crippen molar-refractivity contribution < 1.29 is 14.4 Å². The second-order valence-corrected chi connectivity index (χ2v) is 6.84. The number of imide groups is 1. The largest absolute Gasteiger partial charge is 0.350 e. The Morgan fingerprint density at radius 1 is 1.24 bits per heavy atom. The molecular weight excluding hydrogens is 364 g/mol. The van der Waals surface area contributed by atoms with Crippen LogP contribution in [-0.2, 0) is 4.79 Å². The molecule has 3 aromatic rings. The molecular formula is C16H11ClN4O3S. The number of carbonyl (C=O) groups is 3. The quantitative estimate of drug-likeness (QED) is 0.615. The smallest absolute Gasteiger partial charge is 0.344 e. The molecule has 0 saturated carbocycles. The fourth-order valence-electron chi connectivity index (χ4n) is 2.62. The lowest BCUT2D eigenvalue weighted by Gasteiger charge is -2.13. The van der Waals surface area contributed by atoms with E-state index >= 15 is 0 Å². The van der Waals surface area contributed by atoms with Gasteiger partial charge in [0.25, 0.3) is 11.8 Å². The van der Waals surface area contributed by atoms with Crippen LogP contribution in [0.4, 0.5) is 4.79 Å². The van der Waals surface area contributed by atoms with Gasteiger partial charge in [-0.25, -0.2) is 4.79 Å². The summed E-state index contributed by atoms with van der Waals surface area (Å²) in [4.78, 5) is 40.5. The molecule has 1 saturated heterocycles. The molecule has 4 amide bonds. The van der Waals surface area contributed by atoms with Crippen molar-refractivity contribution in [3.63, 3.8) is 0 Å². The van der Waals surface area contributed by atoms with E-state index in [1.54, 1.807) is 36.4 Å². The number of nitrogens with one attached hydrogen (secondary N) is 3. The molecule has 1 atom stereocenters. The van der Waals surface area contributed by atoms with E-state index in [1.165, 1.54) is 11.3 Å². The fraction of sp³-hybridized carbons (Fsp3) is 0.0625. The maximum atomic E-state index is 12.4. The molecule has 126 valence electrons. The maximum absolute atomic E-state index is 12.4. The Hall–Kier alpha value is -2.84. The van der Waals surface area contributed by atoms with E-state index in [-0.39, 0.29) is 5.69 Å². The summed E-state index contributed by atoms with van der Waals surface area (Å²) in [6.07, 6.45) is 0. The summed E-state index contributed by atoms with van der Waals surface area (Å²) in [6, 6.07) is 8.85. The highest BCUT2D eigenvalue weighted by Crippen LogP contribution is 2.25. The van der Waals surface area contributed by atoms with Gasteiger partial charge < -0.3 is 10.3 Å². The second kappa shape index (κ2) is 5.91. The molecule has 0 spiro atoms. The van der Waals surface area contributed by atoms with Gasteiger partial charge in [-0.1, -0.05) is 17.7 Å². The first-order valence-corrected chi connectivity index (χ1v) is 8.56. The first-order valence-electron chi connectivity index (χ1n) is 7.30. The van der Waals surface area contributed by atoms with Gasteiger partial charge >= 0.3 is 6.03 Å². The van der Waals surface area contributed by atoms with Crippen LogP contribution in [0, 0.1) is 0 Å². The van der Waals surface area contributed by atoms with Crippen LogP contribution in [0.25, 0.3) is 10.9 Å². The van der Waals surface area contributed by atoms with Crippen molar-refractivity contribution >= 4 is 51.7 Å². The van der Waals surface area contributed by atoms with Crippen molar-refractivity contribution in [3.8, 4) is 0 Å². The highest BCUT2D eigenvalue weighted by atomic mass is 35.5. The molecule has 1 unspecified atom stereocenters. The summed E-state index contributed by atoms with van der Waals surface area (Å²) in [5.74, 6) is -1.12. The summed E-state index contributed by atoms with van der Waals surface area (Å²) in [6.45, 7) is 0. The zero-order valence-electron chi connectivity index (χ0n) is 12.6. The number of fused-ring (bicyclic) bond motifs is 1. The third kappa shape index (κ3) is 2.75. The molecule has 0 bridgehead atoms. The van der Waals surface area contributed by atoms with Crippen LogP contribution in [0.3, 0.4) is 0 Å². The van der Waals surface area contributed by atoms with E-state index in [0.717, 1.165) is 10.9 Å². The van der Waals surface area contributed by atoms with Crippen molar-refractivity contribution in [1.82, 2.24) is 20.7 Å². The SMILES string of the molecule is O=C(NN1C(=O)NC(c2cccs2)C1=O)c1cc2cc(Cl)ccc2[nH]1. The normalized spacial score (nSPS) is 17.2. The van der Waals surface area contributed by atoms with Gasteiger partial charge in [-0.3, -0.25) is 15.0 Å². The Labute approximate surface area is 150 Å². The number of hydrogen-bond acceptors (Lipinski definition) is 4. The number of aromatic amines is 1. The van der Waals surface area contributed by atoms with Crippen molar-refractivity contribution in [2.75, 3.05) is 0 Å². The van der Waals surface area contributed by atoms with E-state index in [0.29, 0.717) is 14.9 Å². The number of hydrogen-bond donors (Lipinski definition) is 3. The molecule has 0 radical (unpaired) electrons. The molecule has 7 nitrogen and oxygen atoms in total. The lowest BCUT2D eigenvalue weighted by Crippen LogP contribution is -2.46. The van der Waals surface area contributed by atoms with Crippen LogP contribution < -0.4 is 10.7 Å². The Balaban J connectivity index is 1.55. The van der Waals surface area contributed by atoms with Gasteiger partial charge in [-0.05, 0) is 35.7 Å². The Bertz CT molecular complexity index is 998. The molecule has 4 rings (SSSR count). The van der Waals surface area contributed by atoms with E-state index < -0.39 is 23.9 Å². The molecule has 0 aliphatic carbocycles. The lowest BCUT2D eigenvalue weighted by atomic mass is 10.2. The number of aromatic nitrogens is 1. The van der Waals surface area contributed by atoms with Crippen LogP contribution >= 0.6 is 22.9 Å². The summed E-state index contributed by atoms with van der Waals surface area (Å²) < 4.78 is 0. The summed E-state index contributed by atoms with van der Waals surface area (Å²) in [5.41, 5.74) is 3.28. The van der Waals surface area contributed by atoms with E-state index in [2.05, 4.69) is 15.7 Å². The Morgan fingerprint density at radius 2 is 2.08 bits per heavy atom. The number of thiophene rings is 1. The molecule has 1 aromatic carbocycles. The van der Waals surface area contributed by atoms with Crippen molar-refractivity contribution in [3.05, 3.63) is 57.4 Å². The number of benzene rings is 1. The van der Waals surface area contributed by atoms with Gasteiger partial charge in [0.2, 0.25) is 0 Å². The first kappa shape index (κ1) is 15.7. The first-order chi connectivity index (χ1) is 12.0. The number of urea groups is 1. The van der Waals surface area contributed by atoms with Crippen molar-refractivity contribution in [1.29, 1.82) is 0 Å². The fourth-order valence-corrected chi connectivity index (χ4v) is 3.57. The minimum Gasteiger partial charge on any atom is -0.350 e. The molecule has 2 aromatic heterocycles. The van der Waals surface area contributed by atoms with Gasteiger partial charge in [-0.2, -0.15) is 5.01 Å². The summed E-state index contributed by atoms with van der Waals surface area (Å²) >= 11 is 7.28. The number of nitrogens with zero attached hydrogens (tertiary/aromatic N) is 1. The zero-order chi connectivity index (χ0) is 17.6. The Kier molecular flexibility index (Phi) is 3.70. The maximum Gasteiger partial charge on any atom is 0.344 e. The number of carbonyl (C=O) groups excluding carboxylic acids is 3. The predicted molar refractivity (Wildman–Crippen MR) is 93.2 cm³/mol. The molecule has 3 heterocycles. The van der Waals surface area contributed by atoms with E-state index in [4.69, 9.17) is 11.6 Å². The summed E-state index contributed by atoms with van der Waals surface area (Å²) in [7, 11) is 0. The van der Waals surface area contributed by atoms with Crippen LogP contribution in [0.15, 0.2) is 41.8 Å². The second-order valence-electron chi connectivity index (χ2n) is 5.43. The number of halogens is 1. The van der Waals surface area contributed by atoms with Crippen LogP contribution in [0.5, 0.6) is 0 Å². The van der Waals surface area contributed by atoms with Gasteiger partial charge in [0.15, 0.2) is 0 Å². The number of hydrazine groups is 1. The Morgan fingerprint density at radius 3 is 2.84 bits per heavy atom. The van der Waals surface area contributed by atoms with Gasteiger partial charge in [0, 0.05) is 20.8 Å². The highest BCUT2D eigenvalue weighted by Gasteiger charge is 2.41. The van der Waals surface area contributed by atoms with Gasteiger partial charge in [0.05, 0.1) is 0 Å². The molecule has 1 aliphatic heterocycles. The summed E-state index contributed by atoms with van der Waals surface area (Å²) in [5, 5.41) is 6.37. The average molecular weight is 375 g/mol. The number of rotatable bonds is 3. The van der Waals surface area contributed by atoms with Crippen molar-refractivity contribution in [2.45, 2.75) is 6.04 Å². The van der Waals surface area contributed by atoms with E-state index in [9.17, 15) is 14.4 Å².